The lowest BCUT2D eigenvalue weighted by Crippen LogP contribution is -2.03. The molecule has 35 heavy (non-hydrogen) atoms. The van der Waals surface area contributed by atoms with Gasteiger partial charge in [-0.2, -0.15) is 0 Å². The highest BCUT2D eigenvalue weighted by Crippen LogP contribution is 2.27. The van der Waals surface area contributed by atoms with E-state index in [0.717, 1.165) is 19.3 Å². The monoisotopic (exact) mass is 460 g/mol. The Bertz CT molecular complexity index is 1280. The number of aryl methyl sites for hydroxylation is 8. The first-order valence-electron chi connectivity index (χ1n) is 12.9. The third-order valence-electron chi connectivity index (χ3n) is 7.74. The van der Waals surface area contributed by atoms with Crippen molar-refractivity contribution in [2.45, 2.75) is 74.7 Å². The van der Waals surface area contributed by atoms with Gasteiger partial charge in [0, 0.05) is 0 Å². The molecule has 0 amide bonds. The molecular formula is C35H40. The fourth-order valence-corrected chi connectivity index (χ4v) is 5.23. The van der Waals surface area contributed by atoms with Crippen molar-refractivity contribution in [3.63, 3.8) is 0 Å². The Morgan fingerprint density at radius 3 is 0.857 bits per heavy atom. The molecule has 0 unspecified atom stereocenters. The summed E-state index contributed by atoms with van der Waals surface area (Å²) in [6.07, 6.45) is 3.00. The molecular weight excluding hydrogens is 420 g/mol. The van der Waals surface area contributed by atoms with Gasteiger partial charge in [-0.05, 0) is 141 Å². The molecule has 4 rings (SSSR count). The summed E-state index contributed by atoms with van der Waals surface area (Å²) in [4.78, 5) is 0. The van der Waals surface area contributed by atoms with Crippen molar-refractivity contribution >= 4 is 0 Å². The van der Waals surface area contributed by atoms with Crippen LogP contribution in [0.3, 0.4) is 0 Å². The van der Waals surface area contributed by atoms with E-state index in [0.29, 0.717) is 0 Å². The first-order valence-corrected chi connectivity index (χ1v) is 12.9. The number of rotatable bonds is 6. The minimum Gasteiger partial charge on any atom is -0.0590 e. The lowest BCUT2D eigenvalue weighted by molar-refractivity contribution is 1.05. The van der Waals surface area contributed by atoms with Crippen LogP contribution in [0.25, 0.3) is 0 Å². The van der Waals surface area contributed by atoms with Gasteiger partial charge in [0.25, 0.3) is 0 Å². The Morgan fingerprint density at radius 1 is 0.314 bits per heavy atom. The summed E-state index contributed by atoms with van der Waals surface area (Å²) < 4.78 is 0. The van der Waals surface area contributed by atoms with Gasteiger partial charge in [0.2, 0.25) is 0 Å². The average Bonchev–Trinajstić information content (AvgIpc) is 2.80. The predicted octanol–water partition coefficient (Wildman–Crippen LogP) is 8.93. The first kappa shape index (κ1) is 25.0. The van der Waals surface area contributed by atoms with E-state index in [1.807, 2.05) is 0 Å². The molecule has 180 valence electrons. The number of hydrogen-bond acceptors (Lipinski definition) is 0. The molecule has 0 heterocycles. The number of benzene rings is 4. The van der Waals surface area contributed by atoms with Crippen molar-refractivity contribution in [1.29, 1.82) is 0 Å². The maximum atomic E-state index is 2.43. The minimum atomic E-state index is 0.993. The molecule has 0 aromatic heterocycles. The fourth-order valence-electron chi connectivity index (χ4n) is 5.23. The summed E-state index contributed by atoms with van der Waals surface area (Å²) in [5.41, 5.74) is 19.7. The van der Waals surface area contributed by atoms with Crippen molar-refractivity contribution in [2.24, 2.45) is 0 Å². The average molecular weight is 461 g/mol. The highest BCUT2D eigenvalue weighted by atomic mass is 14.2. The Morgan fingerprint density at radius 2 is 0.571 bits per heavy atom. The zero-order chi connectivity index (χ0) is 25.3. The third kappa shape index (κ3) is 5.76. The molecule has 0 radical (unpaired) electrons. The Hall–Kier alpha value is -3.12. The molecule has 0 aliphatic carbocycles. The van der Waals surface area contributed by atoms with Gasteiger partial charge in [-0.3, -0.25) is 0 Å². The van der Waals surface area contributed by atoms with E-state index in [1.165, 1.54) is 77.9 Å². The maximum absolute atomic E-state index is 2.43. The molecule has 0 aliphatic rings. The van der Waals surface area contributed by atoms with Gasteiger partial charge >= 0.3 is 0 Å². The van der Waals surface area contributed by atoms with E-state index in [2.05, 4.69) is 116 Å². The van der Waals surface area contributed by atoms with E-state index in [4.69, 9.17) is 0 Å². The van der Waals surface area contributed by atoms with E-state index < -0.39 is 0 Å². The van der Waals surface area contributed by atoms with Crippen LogP contribution < -0.4 is 0 Å². The maximum Gasteiger partial charge on any atom is -0.00203 e. The summed E-state index contributed by atoms with van der Waals surface area (Å²) in [6.45, 7) is 17.9. The SMILES string of the molecule is Cc1ccc(C)c(Cc2cc(C)c(Cc3cc(C)c(Cc4cc(C)ccc4C)cc3C)cc2C)c1. The Kier molecular flexibility index (Phi) is 7.31. The van der Waals surface area contributed by atoms with Gasteiger partial charge in [-0.25, -0.2) is 0 Å². The Labute approximate surface area is 213 Å². The quantitative estimate of drug-likeness (QED) is 0.269. The molecule has 0 aliphatic heterocycles. The van der Waals surface area contributed by atoms with E-state index in [9.17, 15) is 0 Å². The number of hydrogen-bond donors (Lipinski definition) is 0. The van der Waals surface area contributed by atoms with Crippen LogP contribution in [0.4, 0.5) is 0 Å². The minimum absolute atomic E-state index is 0.993. The molecule has 0 spiro atoms. The van der Waals surface area contributed by atoms with Crippen molar-refractivity contribution < 1.29 is 0 Å². The van der Waals surface area contributed by atoms with Crippen molar-refractivity contribution in [3.8, 4) is 0 Å². The molecule has 0 saturated heterocycles. The van der Waals surface area contributed by atoms with Crippen LogP contribution in [0.1, 0.15) is 77.9 Å². The van der Waals surface area contributed by atoms with E-state index >= 15 is 0 Å². The second kappa shape index (κ2) is 10.2. The lowest BCUT2D eigenvalue weighted by Gasteiger charge is -2.17. The molecule has 0 saturated carbocycles. The largest absolute Gasteiger partial charge is 0.0590 e. The van der Waals surface area contributed by atoms with Crippen LogP contribution in [0.5, 0.6) is 0 Å². The fraction of sp³-hybridized carbons (Fsp3) is 0.314. The molecule has 4 aromatic carbocycles. The highest BCUT2D eigenvalue weighted by molar-refractivity contribution is 5.47. The third-order valence-corrected chi connectivity index (χ3v) is 7.74. The van der Waals surface area contributed by atoms with Gasteiger partial charge in [-0.1, -0.05) is 71.8 Å². The van der Waals surface area contributed by atoms with Gasteiger partial charge in [-0.15, -0.1) is 0 Å². The van der Waals surface area contributed by atoms with Crippen LogP contribution in [-0.4, -0.2) is 0 Å². The van der Waals surface area contributed by atoms with Crippen LogP contribution >= 0.6 is 0 Å². The first-order chi connectivity index (χ1) is 16.6. The predicted molar refractivity (Wildman–Crippen MR) is 152 cm³/mol. The highest BCUT2D eigenvalue weighted by Gasteiger charge is 2.12. The van der Waals surface area contributed by atoms with Gasteiger partial charge < -0.3 is 0 Å². The summed E-state index contributed by atoms with van der Waals surface area (Å²) in [7, 11) is 0. The molecule has 0 bridgehead atoms. The second-order valence-corrected chi connectivity index (χ2v) is 10.8. The topological polar surface area (TPSA) is 0 Å². The molecule has 0 nitrogen and oxygen atoms in total. The van der Waals surface area contributed by atoms with E-state index in [1.54, 1.807) is 0 Å². The van der Waals surface area contributed by atoms with Gasteiger partial charge in [0.15, 0.2) is 0 Å². The summed E-state index contributed by atoms with van der Waals surface area (Å²) >= 11 is 0. The molecule has 0 N–H and O–H groups in total. The second-order valence-electron chi connectivity index (χ2n) is 10.8. The van der Waals surface area contributed by atoms with Crippen molar-refractivity contribution in [1.82, 2.24) is 0 Å². The van der Waals surface area contributed by atoms with Crippen molar-refractivity contribution in [3.05, 3.63) is 139 Å². The van der Waals surface area contributed by atoms with Crippen LogP contribution in [0, 0.1) is 55.4 Å². The molecule has 0 fully saturated rings. The molecule has 4 aromatic rings. The zero-order valence-corrected chi connectivity index (χ0v) is 22.9. The zero-order valence-electron chi connectivity index (χ0n) is 22.9. The van der Waals surface area contributed by atoms with Crippen molar-refractivity contribution in [2.75, 3.05) is 0 Å². The summed E-state index contributed by atoms with van der Waals surface area (Å²) in [5, 5.41) is 0. The summed E-state index contributed by atoms with van der Waals surface area (Å²) in [5.74, 6) is 0. The smallest absolute Gasteiger partial charge is 0.00203 e. The molecule has 0 atom stereocenters. The molecule has 0 heteroatoms. The Balaban J connectivity index is 1.58. The standard InChI is InChI=1S/C35H40/c1-22-9-11-24(3)30(13-22)19-32-15-28(7)34(17-26(32)5)21-35-18-27(6)33(16-29(35)8)20-31-14-23(2)10-12-25(31)4/h9-18H,19-21H2,1-8H3. The van der Waals surface area contributed by atoms with Gasteiger partial charge in [0.05, 0.1) is 0 Å². The summed E-state index contributed by atoms with van der Waals surface area (Å²) in [6, 6.07) is 23.3. The van der Waals surface area contributed by atoms with Crippen LogP contribution in [-0.2, 0) is 19.3 Å². The van der Waals surface area contributed by atoms with E-state index in [-0.39, 0.29) is 0 Å². The van der Waals surface area contributed by atoms with Gasteiger partial charge in [0.1, 0.15) is 0 Å². The lowest BCUT2D eigenvalue weighted by atomic mass is 9.88. The van der Waals surface area contributed by atoms with Crippen LogP contribution in [0.15, 0.2) is 60.7 Å². The van der Waals surface area contributed by atoms with Crippen LogP contribution in [0.2, 0.25) is 0 Å². The normalized spacial score (nSPS) is 11.2.